The molecular formula is C18H22Cl2N2O4. The van der Waals surface area contributed by atoms with E-state index in [1.54, 1.807) is 4.90 Å². The van der Waals surface area contributed by atoms with Crippen LogP contribution >= 0.6 is 23.2 Å². The van der Waals surface area contributed by atoms with Crippen LogP contribution in [0.1, 0.15) is 37.7 Å². The van der Waals surface area contributed by atoms with Crippen molar-refractivity contribution in [2.24, 2.45) is 0 Å². The van der Waals surface area contributed by atoms with Crippen molar-refractivity contribution in [3.05, 3.63) is 27.7 Å². The van der Waals surface area contributed by atoms with E-state index in [2.05, 4.69) is 0 Å². The summed E-state index contributed by atoms with van der Waals surface area (Å²) in [6, 6.07) is 2.92. The van der Waals surface area contributed by atoms with Crippen molar-refractivity contribution in [3.63, 3.8) is 0 Å². The van der Waals surface area contributed by atoms with Crippen molar-refractivity contribution in [1.82, 2.24) is 9.80 Å². The van der Waals surface area contributed by atoms with Crippen LogP contribution in [0.2, 0.25) is 10.0 Å². The number of amides is 2. The minimum Gasteiger partial charge on any atom is -0.508 e. The molecule has 1 aromatic rings. The van der Waals surface area contributed by atoms with E-state index in [1.165, 1.54) is 17.0 Å². The van der Waals surface area contributed by atoms with Crippen LogP contribution in [0.5, 0.6) is 5.75 Å². The molecule has 2 aliphatic rings. The van der Waals surface area contributed by atoms with E-state index in [4.69, 9.17) is 23.2 Å². The molecule has 2 saturated heterocycles. The number of carbonyl (C=O) groups excluding carboxylic acids is 2. The Morgan fingerprint density at radius 1 is 1.35 bits per heavy atom. The van der Waals surface area contributed by atoms with Gasteiger partial charge in [-0.3, -0.25) is 9.59 Å². The van der Waals surface area contributed by atoms with Crippen LogP contribution in [-0.2, 0) is 9.59 Å². The molecule has 0 saturated carbocycles. The van der Waals surface area contributed by atoms with E-state index in [9.17, 15) is 19.8 Å². The van der Waals surface area contributed by atoms with Gasteiger partial charge in [-0.2, -0.15) is 0 Å². The second kappa shape index (κ2) is 7.62. The number of aromatic hydroxyl groups is 1. The number of aliphatic hydroxyl groups excluding tert-OH is 1. The molecule has 0 aliphatic carbocycles. The van der Waals surface area contributed by atoms with Gasteiger partial charge in [-0.25, -0.2) is 0 Å². The monoisotopic (exact) mass is 400 g/mol. The third-order valence-corrected chi connectivity index (χ3v) is 6.06. The first kappa shape index (κ1) is 19.3. The van der Waals surface area contributed by atoms with Gasteiger partial charge in [-0.15, -0.1) is 0 Å². The van der Waals surface area contributed by atoms with Gasteiger partial charge in [0.05, 0.1) is 35.2 Å². The maximum absolute atomic E-state index is 12.5. The highest BCUT2D eigenvalue weighted by atomic mass is 35.5. The van der Waals surface area contributed by atoms with E-state index in [1.807, 2.05) is 6.92 Å². The molecule has 1 aromatic carbocycles. The Kier molecular flexibility index (Phi) is 5.65. The molecule has 3 rings (SSSR count). The summed E-state index contributed by atoms with van der Waals surface area (Å²) < 4.78 is 0. The maximum Gasteiger partial charge on any atom is 0.242 e. The first-order valence-electron chi connectivity index (χ1n) is 8.74. The molecule has 3 atom stereocenters. The van der Waals surface area contributed by atoms with Gasteiger partial charge in [-0.1, -0.05) is 30.1 Å². The second-order valence-corrected chi connectivity index (χ2v) is 7.75. The molecule has 0 unspecified atom stereocenters. The van der Waals surface area contributed by atoms with Crippen LogP contribution in [-0.4, -0.2) is 63.6 Å². The molecule has 0 aromatic heterocycles. The Morgan fingerprint density at radius 2 is 2.08 bits per heavy atom. The Bertz CT molecular complexity index is 727. The number of piperazine rings is 1. The zero-order valence-corrected chi connectivity index (χ0v) is 16.0. The predicted octanol–water partition coefficient (Wildman–Crippen LogP) is 2.39. The molecule has 0 spiro atoms. The first-order chi connectivity index (χ1) is 12.3. The molecule has 2 N–H and O–H groups in total. The number of fused-ring (bicyclic) bond motifs is 1. The summed E-state index contributed by atoms with van der Waals surface area (Å²) in [6.45, 7) is 2.70. The number of halogens is 2. The fraction of sp³-hybridized carbons (Fsp3) is 0.556. The Balaban J connectivity index is 1.76. The second-order valence-electron chi connectivity index (χ2n) is 6.97. The van der Waals surface area contributed by atoms with Crippen molar-refractivity contribution in [2.45, 2.75) is 44.2 Å². The van der Waals surface area contributed by atoms with Gasteiger partial charge in [-0.05, 0) is 25.0 Å². The molecule has 0 bridgehead atoms. The van der Waals surface area contributed by atoms with E-state index < -0.39 is 6.10 Å². The van der Waals surface area contributed by atoms with Crippen molar-refractivity contribution in [2.75, 3.05) is 19.6 Å². The highest BCUT2D eigenvalue weighted by Crippen LogP contribution is 2.43. The summed E-state index contributed by atoms with van der Waals surface area (Å²) in [5.74, 6) is -0.401. The Hall–Kier alpha value is -1.50. The first-order valence-corrected chi connectivity index (χ1v) is 9.49. The molecule has 6 nitrogen and oxygen atoms in total. The van der Waals surface area contributed by atoms with Gasteiger partial charge in [0, 0.05) is 24.6 Å². The number of aliphatic hydroxyl groups is 1. The van der Waals surface area contributed by atoms with Crippen LogP contribution in [0, 0.1) is 0 Å². The number of nitrogens with zero attached hydrogens (tertiary/aromatic N) is 2. The molecule has 2 fully saturated rings. The number of rotatable bonds is 4. The minimum absolute atomic E-state index is 0.0216. The number of hydrogen-bond donors (Lipinski definition) is 2. The lowest BCUT2D eigenvalue weighted by atomic mass is 9.95. The van der Waals surface area contributed by atoms with E-state index >= 15 is 0 Å². The normalized spacial score (nSPS) is 23.9. The molecule has 2 aliphatic heterocycles. The SMILES string of the molecule is CC[C@H](O)CC(=O)N1CC(=O)N2C[C@@H](c3c(O)ccc(Cl)c3Cl)C[C@H]2C1. The van der Waals surface area contributed by atoms with E-state index in [0.717, 1.165) is 0 Å². The molecular weight excluding hydrogens is 379 g/mol. The summed E-state index contributed by atoms with van der Waals surface area (Å²) in [5, 5.41) is 20.6. The molecule has 8 heteroatoms. The number of phenols is 1. The third-order valence-electron chi connectivity index (χ3n) is 5.24. The minimum atomic E-state index is -0.686. The summed E-state index contributed by atoms with van der Waals surface area (Å²) in [6.07, 6.45) is 0.437. The van der Waals surface area contributed by atoms with Crippen LogP contribution < -0.4 is 0 Å². The predicted molar refractivity (Wildman–Crippen MR) is 98.5 cm³/mol. The van der Waals surface area contributed by atoms with Crippen molar-refractivity contribution in [3.8, 4) is 5.75 Å². The van der Waals surface area contributed by atoms with Gasteiger partial charge in [0.1, 0.15) is 5.75 Å². The quantitative estimate of drug-likeness (QED) is 0.812. The summed E-state index contributed by atoms with van der Waals surface area (Å²) in [4.78, 5) is 28.1. The van der Waals surface area contributed by atoms with Crippen LogP contribution in [0.4, 0.5) is 0 Å². The lowest BCUT2D eigenvalue weighted by molar-refractivity contribution is -0.148. The van der Waals surface area contributed by atoms with Gasteiger partial charge >= 0.3 is 0 Å². The van der Waals surface area contributed by atoms with Gasteiger partial charge in [0.25, 0.3) is 0 Å². The number of phenolic OH excluding ortho intramolecular Hbond substituents is 1. The highest BCUT2D eigenvalue weighted by Gasteiger charge is 2.43. The highest BCUT2D eigenvalue weighted by molar-refractivity contribution is 6.42. The van der Waals surface area contributed by atoms with Crippen molar-refractivity contribution >= 4 is 35.0 Å². The Morgan fingerprint density at radius 3 is 2.77 bits per heavy atom. The van der Waals surface area contributed by atoms with Gasteiger partial charge in [0.2, 0.25) is 11.8 Å². The van der Waals surface area contributed by atoms with Crippen LogP contribution in [0.3, 0.4) is 0 Å². The number of benzene rings is 1. The van der Waals surface area contributed by atoms with Crippen LogP contribution in [0.25, 0.3) is 0 Å². The summed E-state index contributed by atoms with van der Waals surface area (Å²) in [5.41, 5.74) is 0.556. The molecule has 142 valence electrons. The summed E-state index contributed by atoms with van der Waals surface area (Å²) in [7, 11) is 0. The van der Waals surface area contributed by atoms with Gasteiger partial charge in [0.15, 0.2) is 0 Å². The molecule has 2 heterocycles. The van der Waals surface area contributed by atoms with Gasteiger partial charge < -0.3 is 20.0 Å². The van der Waals surface area contributed by atoms with Crippen molar-refractivity contribution in [1.29, 1.82) is 0 Å². The number of hydrogen-bond acceptors (Lipinski definition) is 4. The van der Waals surface area contributed by atoms with E-state index in [0.29, 0.717) is 41.5 Å². The smallest absolute Gasteiger partial charge is 0.242 e. The average molecular weight is 401 g/mol. The zero-order valence-electron chi connectivity index (χ0n) is 14.5. The lowest BCUT2D eigenvalue weighted by Gasteiger charge is -2.37. The average Bonchev–Trinajstić information content (AvgIpc) is 3.02. The van der Waals surface area contributed by atoms with Crippen LogP contribution in [0.15, 0.2) is 12.1 Å². The standard InChI is InChI=1S/C18H22Cl2N2O4/c1-2-12(23)6-15(25)21-8-11-5-10(7-22(11)16(26)9-21)17-14(24)4-3-13(19)18(17)20/h3-4,10-12,23-24H,2,5-9H2,1H3/t10-,11-,12-/m0/s1. The largest absolute Gasteiger partial charge is 0.508 e. The third kappa shape index (κ3) is 3.63. The van der Waals surface area contributed by atoms with E-state index in [-0.39, 0.29) is 42.5 Å². The number of carbonyl (C=O) groups is 2. The lowest BCUT2D eigenvalue weighted by Crippen LogP contribution is -2.55. The fourth-order valence-corrected chi connectivity index (χ4v) is 4.27. The zero-order chi connectivity index (χ0) is 19.0. The van der Waals surface area contributed by atoms with Crippen molar-refractivity contribution < 1.29 is 19.8 Å². The molecule has 26 heavy (non-hydrogen) atoms. The molecule has 0 radical (unpaired) electrons. The molecule has 2 amide bonds. The Labute approximate surface area is 162 Å². The fourth-order valence-electron chi connectivity index (χ4n) is 3.79. The topological polar surface area (TPSA) is 81.1 Å². The summed E-state index contributed by atoms with van der Waals surface area (Å²) >= 11 is 12.3. The maximum atomic E-state index is 12.5.